The Balaban J connectivity index is 1.77. The molecule has 0 aliphatic rings. The minimum Gasteiger partial charge on any atom is -0.241 e. The first kappa shape index (κ1) is 10.4. The van der Waals surface area contributed by atoms with Crippen LogP contribution in [0, 0.1) is 0 Å². The Bertz CT molecular complexity index is 586. The van der Waals surface area contributed by atoms with Gasteiger partial charge in [0.1, 0.15) is 5.82 Å². The van der Waals surface area contributed by atoms with Crippen molar-refractivity contribution in [3.8, 4) is 0 Å². The van der Waals surface area contributed by atoms with Crippen molar-refractivity contribution in [2.75, 3.05) is 0 Å². The molecule has 0 bridgehead atoms. The van der Waals surface area contributed by atoms with Gasteiger partial charge in [0.05, 0.1) is 15.2 Å². The van der Waals surface area contributed by atoms with Crippen LogP contribution in [0.2, 0.25) is 0 Å². The summed E-state index contributed by atoms with van der Waals surface area (Å²) in [6, 6.07) is 10.1. The molecule has 0 amide bonds. The Labute approximate surface area is 103 Å². The summed E-state index contributed by atoms with van der Waals surface area (Å²) < 4.78 is 1.25. The first-order chi connectivity index (χ1) is 8.42. The molecule has 3 rings (SSSR count). The fourth-order valence-corrected chi connectivity index (χ4v) is 2.67. The maximum Gasteiger partial charge on any atom is 0.128 e. The summed E-state index contributed by atoms with van der Waals surface area (Å²) >= 11 is 1.75. The maximum atomic E-state index is 4.59. The third-order valence-electron chi connectivity index (χ3n) is 2.52. The zero-order valence-electron chi connectivity index (χ0n) is 9.21. The number of aryl methyl sites for hydroxylation is 2. The lowest BCUT2D eigenvalue weighted by Crippen LogP contribution is -1.96. The Kier molecular flexibility index (Phi) is 2.80. The largest absolute Gasteiger partial charge is 0.241 e. The topological polar surface area (TPSA) is 38.7 Å². The Morgan fingerprint density at radius 2 is 1.76 bits per heavy atom. The minimum atomic E-state index is 0.848. The van der Waals surface area contributed by atoms with Crippen LogP contribution in [0.25, 0.3) is 10.2 Å². The number of fused-ring (bicyclic) bond motifs is 1. The van der Waals surface area contributed by atoms with Crippen molar-refractivity contribution in [1.29, 1.82) is 0 Å². The van der Waals surface area contributed by atoms with Crippen molar-refractivity contribution in [3.63, 3.8) is 0 Å². The predicted molar refractivity (Wildman–Crippen MR) is 69.1 cm³/mol. The van der Waals surface area contributed by atoms with Gasteiger partial charge in [0.15, 0.2) is 0 Å². The SMILES string of the molecule is c1cnc(CCc2nc3ccccc3s2)nc1. The third-order valence-corrected chi connectivity index (χ3v) is 3.62. The number of aromatic nitrogens is 3. The molecule has 0 aliphatic heterocycles. The van der Waals surface area contributed by atoms with Crippen molar-refractivity contribution in [3.05, 3.63) is 53.6 Å². The Hall–Kier alpha value is -1.81. The lowest BCUT2D eigenvalue weighted by molar-refractivity contribution is 0.853. The molecule has 17 heavy (non-hydrogen) atoms. The molecule has 0 radical (unpaired) electrons. The van der Waals surface area contributed by atoms with E-state index < -0.39 is 0 Å². The van der Waals surface area contributed by atoms with Gasteiger partial charge < -0.3 is 0 Å². The van der Waals surface area contributed by atoms with Gasteiger partial charge in [-0.15, -0.1) is 11.3 Å². The van der Waals surface area contributed by atoms with Crippen LogP contribution < -0.4 is 0 Å². The van der Waals surface area contributed by atoms with E-state index in [1.165, 1.54) is 4.70 Å². The van der Waals surface area contributed by atoms with E-state index in [9.17, 15) is 0 Å². The van der Waals surface area contributed by atoms with Gasteiger partial charge in [-0.3, -0.25) is 0 Å². The van der Waals surface area contributed by atoms with E-state index in [1.807, 2.05) is 24.3 Å². The number of nitrogens with zero attached hydrogens (tertiary/aromatic N) is 3. The predicted octanol–water partition coefficient (Wildman–Crippen LogP) is 2.87. The van der Waals surface area contributed by atoms with Crippen LogP contribution >= 0.6 is 11.3 Å². The molecular formula is C13H11N3S. The van der Waals surface area contributed by atoms with Crippen molar-refractivity contribution >= 4 is 21.6 Å². The minimum absolute atomic E-state index is 0.848. The van der Waals surface area contributed by atoms with E-state index in [-0.39, 0.29) is 0 Å². The van der Waals surface area contributed by atoms with E-state index >= 15 is 0 Å². The van der Waals surface area contributed by atoms with Gasteiger partial charge in [0.25, 0.3) is 0 Å². The molecule has 0 fully saturated rings. The van der Waals surface area contributed by atoms with E-state index in [0.717, 1.165) is 29.2 Å². The smallest absolute Gasteiger partial charge is 0.128 e. The summed E-state index contributed by atoms with van der Waals surface area (Å²) in [6.07, 6.45) is 5.31. The summed E-state index contributed by atoms with van der Waals surface area (Å²) in [6.45, 7) is 0. The van der Waals surface area contributed by atoms with Gasteiger partial charge in [0.2, 0.25) is 0 Å². The molecule has 1 aromatic carbocycles. The molecule has 0 N–H and O–H groups in total. The van der Waals surface area contributed by atoms with Crippen LogP contribution in [-0.2, 0) is 12.8 Å². The van der Waals surface area contributed by atoms with Crippen LogP contribution in [0.1, 0.15) is 10.8 Å². The molecule has 0 unspecified atom stereocenters. The monoisotopic (exact) mass is 241 g/mol. The van der Waals surface area contributed by atoms with Crippen LogP contribution in [0.3, 0.4) is 0 Å². The van der Waals surface area contributed by atoms with Gasteiger partial charge in [-0.05, 0) is 18.2 Å². The molecule has 0 atom stereocenters. The molecular weight excluding hydrogens is 230 g/mol. The Morgan fingerprint density at radius 1 is 0.941 bits per heavy atom. The number of benzene rings is 1. The highest BCUT2D eigenvalue weighted by atomic mass is 32.1. The maximum absolute atomic E-state index is 4.59. The first-order valence-electron chi connectivity index (χ1n) is 5.52. The molecule has 3 nitrogen and oxygen atoms in total. The molecule has 3 aromatic rings. The van der Waals surface area contributed by atoms with E-state index in [1.54, 1.807) is 23.7 Å². The molecule has 2 heterocycles. The van der Waals surface area contributed by atoms with Crippen molar-refractivity contribution < 1.29 is 0 Å². The summed E-state index contributed by atoms with van der Waals surface area (Å²) in [7, 11) is 0. The summed E-state index contributed by atoms with van der Waals surface area (Å²) in [5.74, 6) is 0.881. The quantitative estimate of drug-likeness (QED) is 0.707. The van der Waals surface area contributed by atoms with Gasteiger partial charge in [-0.2, -0.15) is 0 Å². The number of rotatable bonds is 3. The normalized spacial score (nSPS) is 10.8. The van der Waals surface area contributed by atoms with Crippen LogP contribution in [-0.4, -0.2) is 15.0 Å². The second kappa shape index (κ2) is 4.59. The molecule has 4 heteroatoms. The summed E-state index contributed by atoms with van der Waals surface area (Å²) in [4.78, 5) is 13.0. The zero-order valence-corrected chi connectivity index (χ0v) is 10.0. The number of hydrogen-bond acceptors (Lipinski definition) is 4. The molecule has 0 aliphatic carbocycles. The standard InChI is InChI=1S/C13H11N3S/c1-2-5-11-10(4-1)16-13(17-11)7-6-12-14-8-3-9-15-12/h1-5,8-9H,6-7H2. The lowest BCUT2D eigenvalue weighted by atomic mass is 10.3. The number of para-hydroxylation sites is 1. The second-order valence-electron chi connectivity index (χ2n) is 3.74. The van der Waals surface area contributed by atoms with Gasteiger partial charge in [-0.25, -0.2) is 15.0 Å². The summed E-state index contributed by atoms with van der Waals surface area (Å²) in [5, 5.41) is 1.15. The highest BCUT2D eigenvalue weighted by Crippen LogP contribution is 2.22. The van der Waals surface area contributed by atoms with Crippen molar-refractivity contribution in [2.45, 2.75) is 12.8 Å². The highest BCUT2D eigenvalue weighted by Gasteiger charge is 2.04. The second-order valence-corrected chi connectivity index (χ2v) is 4.86. The van der Waals surface area contributed by atoms with Crippen molar-refractivity contribution in [2.24, 2.45) is 0 Å². The Morgan fingerprint density at radius 3 is 2.59 bits per heavy atom. The number of thiazole rings is 1. The zero-order chi connectivity index (χ0) is 11.5. The fourth-order valence-electron chi connectivity index (χ4n) is 1.70. The molecule has 2 aromatic heterocycles. The van der Waals surface area contributed by atoms with Crippen LogP contribution in [0.5, 0.6) is 0 Å². The molecule has 0 saturated carbocycles. The third kappa shape index (κ3) is 2.31. The van der Waals surface area contributed by atoms with E-state index in [4.69, 9.17) is 0 Å². The highest BCUT2D eigenvalue weighted by molar-refractivity contribution is 7.18. The van der Waals surface area contributed by atoms with Gasteiger partial charge >= 0.3 is 0 Å². The van der Waals surface area contributed by atoms with E-state index in [0.29, 0.717) is 0 Å². The van der Waals surface area contributed by atoms with Crippen LogP contribution in [0.15, 0.2) is 42.7 Å². The van der Waals surface area contributed by atoms with Gasteiger partial charge in [-0.1, -0.05) is 12.1 Å². The molecule has 84 valence electrons. The number of hydrogen-bond donors (Lipinski definition) is 0. The van der Waals surface area contributed by atoms with Gasteiger partial charge in [0, 0.05) is 25.2 Å². The van der Waals surface area contributed by atoms with Crippen molar-refractivity contribution in [1.82, 2.24) is 15.0 Å². The fraction of sp³-hybridized carbons (Fsp3) is 0.154. The molecule has 0 saturated heterocycles. The first-order valence-corrected chi connectivity index (χ1v) is 6.34. The summed E-state index contributed by atoms with van der Waals surface area (Å²) in [5.41, 5.74) is 1.08. The average Bonchev–Trinajstić information content (AvgIpc) is 2.80. The average molecular weight is 241 g/mol. The van der Waals surface area contributed by atoms with Crippen LogP contribution in [0.4, 0.5) is 0 Å². The van der Waals surface area contributed by atoms with E-state index in [2.05, 4.69) is 21.0 Å². The molecule has 0 spiro atoms. The lowest BCUT2D eigenvalue weighted by Gasteiger charge is -1.95.